The van der Waals surface area contributed by atoms with E-state index in [1.54, 1.807) is 14.0 Å². The van der Waals surface area contributed by atoms with Crippen molar-refractivity contribution < 1.29 is 9.53 Å². The third-order valence-corrected chi connectivity index (χ3v) is 4.39. The average Bonchev–Trinajstić information content (AvgIpc) is 2.62. The van der Waals surface area contributed by atoms with E-state index in [-0.39, 0.29) is 11.9 Å². The molecule has 1 amide bonds. The predicted molar refractivity (Wildman–Crippen MR) is 90.4 cm³/mol. The Bertz CT molecular complexity index is 675. The number of nitrogens with zero attached hydrogens (tertiary/aromatic N) is 4. The van der Waals surface area contributed by atoms with Gasteiger partial charge in [-0.2, -0.15) is 0 Å². The molecule has 0 aliphatic carbocycles. The maximum atomic E-state index is 12.0. The van der Waals surface area contributed by atoms with E-state index < -0.39 is 0 Å². The summed E-state index contributed by atoms with van der Waals surface area (Å²) >= 11 is 0. The summed E-state index contributed by atoms with van der Waals surface area (Å²) in [5, 5.41) is 0. The van der Waals surface area contributed by atoms with E-state index in [0.29, 0.717) is 0 Å². The molecule has 1 aromatic heterocycles. The third kappa shape index (κ3) is 3.71. The van der Waals surface area contributed by atoms with Gasteiger partial charge in [0.05, 0.1) is 13.2 Å². The molecule has 6 heteroatoms. The van der Waals surface area contributed by atoms with Crippen molar-refractivity contribution in [3.05, 3.63) is 54.1 Å². The number of piperazine rings is 1. The fraction of sp³-hybridized carbons (Fsp3) is 0.389. The normalized spacial score (nSPS) is 18.4. The van der Waals surface area contributed by atoms with Gasteiger partial charge < -0.3 is 9.64 Å². The number of benzene rings is 1. The van der Waals surface area contributed by atoms with Crippen LogP contribution in [-0.4, -0.2) is 52.4 Å². The Balaban J connectivity index is 1.77. The maximum Gasteiger partial charge on any atom is 0.220 e. The van der Waals surface area contributed by atoms with Crippen molar-refractivity contribution in [1.82, 2.24) is 19.8 Å². The van der Waals surface area contributed by atoms with Gasteiger partial charge in [-0.05, 0) is 17.7 Å². The Kier molecular flexibility index (Phi) is 5.05. The van der Waals surface area contributed by atoms with Gasteiger partial charge in [0.15, 0.2) is 0 Å². The summed E-state index contributed by atoms with van der Waals surface area (Å²) in [7, 11) is 1.65. The number of carbonyl (C=O) groups excluding carboxylic acids is 1. The zero-order valence-electron chi connectivity index (χ0n) is 14.1. The summed E-state index contributed by atoms with van der Waals surface area (Å²) in [6.45, 7) is 4.79. The summed E-state index contributed by atoms with van der Waals surface area (Å²) in [4.78, 5) is 24.5. The van der Waals surface area contributed by atoms with Crippen LogP contribution in [0.25, 0.3) is 0 Å². The van der Waals surface area contributed by atoms with Gasteiger partial charge in [0.25, 0.3) is 0 Å². The van der Waals surface area contributed by atoms with E-state index in [2.05, 4.69) is 14.9 Å². The zero-order chi connectivity index (χ0) is 16.9. The largest absolute Gasteiger partial charge is 0.497 e. The molecule has 6 nitrogen and oxygen atoms in total. The fourth-order valence-electron chi connectivity index (χ4n) is 3.14. The van der Waals surface area contributed by atoms with Crippen LogP contribution in [0.4, 0.5) is 0 Å². The van der Waals surface area contributed by atoms with Crippen LogP contribution in [-0.2, 0) is 11.3 Å². The number of ether oxygens (including phenoxy) is 1. The molecule has 24 heavy (non-hydrogen) atoms. The highest BCUT2D eigenvalue weighted by molar-refractivity contribution is 5.74. The molecular weight excluding hydrogens is 304 g/mol. The molecule has 0 spiro atoms. The standard InChI is InChI=1S/C18H22N4O2/c1-14(23)22-8-7-21(11-15-9-19-13-20-10-15)12-18(22)16-3-5-17(24-2)6-4-16/h3-6,9-10,13,18H,7-8,11-12H2,1-2H3. The number of rotatable bonds is 4. The first kappa shape index (κ1) is 16.4. The second-order valence-electron chi connectivity index (χ2n) is 5.98. The fourth-order valence-corrected chi connectivity index (χ4v) is 3.14. The van der Waals surface area contributed by atoms with E-state index in [1.807, 2.05) is 41.6 Å². The Morgan fingerprint density at radius 1 is 1.21 bits per heavy atom. The van der Waals surface area contributed by atoms with Crippen LogP contribution < -0.4 is 4.74 Å². The Labute approximate surface area is 142 Å². The Morgan fingerprint density at radius 3 is 2.54 bits per heavy atom. The molecule has 0 N–H and O–H groups in total. The van der Waals surface area contributed by atoms with Crippen molar-refractivity contribution in [3.63, 3.8) is 0 Å². The zero-order valence-corrected chi connectivity index (χ0v) is 14.1. The van der Waals surface area contributed by atoms with Gasteiger partial charge in [0, 0.05) is 51.1 Å². The van der Waals surface area contributed by atoms with Crippen LogP contribution in [0.5, 0.6) is 5.75 Å². The van der Waals surface area contributed by atoms with Crippen molar-refractivity contribution in [2.45, 2.75) is 19.5 Å². The van der Waals surface area contributed by atoms with Crippen LogP contribution in [0.1, 0.15) is 24.1 Å². The van der Waals surface area contributed by atoms with E-state index in [4.69, 9.17) is 4.74 Å². The molecular formula is C18H22N4O2. The Morgan fingerprint density at radius 2 is 1.92 bits per heavy atom. The van der Waals surface area contributed by atoms with E-state index in [9.17, 15) is 4.79 Å². The molecule has 0 saturated carbocycles. The van der Waals surface area contributed by atoms with Crippen LogP contribution in [0, 0.1) is 0 Å². The monoisotopic (exact) mass is 326 g/mol. The van der Waals surface area contributed by atoms with E-state index in [1.165, 1.54) is 6.33 Å². The molecule has 0 bridgehead atoms. The highest BCUT2D eigenvalue weighted by Crippen LogP contribution is 2.27. The summed E-state index contributed by atoms with van der Waals surface area (Å²) in [6.07, 6.45) is 5.22. The molecule has 2 heterocycles. The van der Waals surface area contributed by atoms with Crippen molar-refractivity contribution in [1.29, 1.82) is 0 Å². The number of amides is 1. The SMILES string of the molecule is COc1ccc(C2CN(Cc3cncnc3)CCN2C(C)=O)cc1. The average molecular weight is 326 g/mol. The van der Waals surface area contributed by atoms with Crippen molar-refractivity contribution in [3.8, 4) is 5.75 Å². The number of carbonyl (C=O) groups is 1. The lowest BCUT2D eigenvalue weighted by Crippen LogP contribution is -2.49. The van der Waals surface area contributed by atoms with Crippen LogP contribution in [0.15, 0.2) is 43.0 Å². The third-order valence-electron chi connectivity index (χ3n) is 4.39. The molecule has 3 rings (SSSR count). The van der Waals surface area contributed by atoms with Gasteiger partial charge in [-0.1, -0.05) is 12.1 Å². The lowest BCUT2D eigenvalue weighted by molar-refractivity contribution is -0.134. The van der Waals surface area contributed by atoms with Crippen molar-refractivity contribution in [2.24, 2.45) is 0 Å². The van der Waals surface area contributed by atoms with E-state index >= 15 is 0 Å². The highest BCUT2D eigenvalue weighted by atomic mass is 16.5. The van der Waals surface area contributed by atoms with E-state index in [0.717, 1.165) is 43.1 Å². The van der Waals surface area contributed by atoms with Gasteiger partial charge in [-0.15, -0.1) is 0 Å². The van der Waals surface area contributed by atoms with Gasteiger partial charge >= 0.3 is 0 Å². The smallest absolute Gasteiger partial charge is 0.220 e. The van der Waals surface area contributed by atoms with Crippen LogP contribution in [0.2, 0.25) is 0 Å². The number of methoxy groups -OCH3 is 1. The van der Waals surface area contributed by atoms with Gasteiger partial charge in [0.1, 0.15) is 12.1 Å². The minimum Gasteiger partial charge on any atom is -0.497 e. The summed E-state index contributed by atoms with van der Waals surface area (Å²) in [5.74, 6) is 0.931. The predicted octanol–water partition coefficient (Wildman–Crippen LogP) is 1.89. The molecule has 1 saturated heterocycles. The first-order valence-electron chi connectivity index (χ1n) is 8.05. The number of hydrogen-bond acceptors (Lipinski definition) is 5. The molecule has 0 radical (unpaired) electrons. The molecule has 1 fully saturated rings. The second kappa shape index (κ2) is 7.40. The summed E-state index contributed by atoms with van der Waals surface area (Å²) in [5.41, 5.74) is 2.21. The summed E-state index contributed by atoms with van der Waals surface area (Å²) < 4.78 is 5.23. The quantitative estimate of drug-likeness (QED) is 0.859. The molecule has 1 atom stereocenters. The van der Waals surface area contributed by atoms with Crippen LogP contribution >= 0.6 is 0 Å². The minimum atomic E-state index is 0.0480. The van der Waals surface area contributed by atoms with Gasteiger partial charge in [-0.3, -0.25) is 9.69 Å². The van der Waals surface area contributed by atoms with Crippen molar-refractivity contribution in [2.75, 3.05) is 26.7 Å². The minimum absolute atomic E-state index is 0.0480. The molecule has 1 aliphatic rings. The van der Waals surface area contributed by atoms with Crippen molar-refractivity contribution >= 4 is 5.91 Å². The lowest BCUT2D eigenvalue weighted by Gasteiger charge is -2.41. The molecule has 2 aromatic rings. The molecule has 1 aliphatic heterocycles. The first-order chi connectivity index (χ1) is 11.7. The Hall–Kier alpha value is -2.47. The van der Waals surface area contributed by atoms with Gasteiger partial charge in [0.2, 0.25) is 5.91 Å². The van der Waals surface area contributed by atoms with Crippen LogP contribution in [0.3, 0.4) is 0 Å². The van der Waals surface area contributed by atoms with Gasteiger partial charge in [-0.25, -0.2) is 9.97 Å². The molecule has 1 aromatic carbocycles. The molecule has 126 valence electrons. The second-order valence-corrected chi connectivity index (χ2v) is 5.98. The number of hydrogen-bond donors (Lipinski definition) is 0. The lowest BCUT2D eigenvalue weighted by atomic mass is 10.0. The summed E-state index contributed by atoms with van der Waals surface area (Å²) in [6, 6.07) is 8.00. The maximum absolute atomic E-state index is 12.0. The molecule has 1 unspecified atom stereocenters. The highest BCUT2D eigenvalue weighted by Gasteiger charge is 2.29. The number of aromatic nitrogens is 2. The first-order valence-corrected chi connectivity index (χ1v) is 8.05. The topological polar surface area (TPSA) is 58.6 Å².